The van der Waals surface area contributed by atoms with Crippen molar-refractivity contribution in [1.82, 2.24) is 9.80 Å². The number of rotatable bonds is 10. The van der Waals surface area contributed by atoms with Crippen molar-refractivity contribution in [3.63, 3.8) is 0 Å². The average Bonchev–Trinajstić information content (AvgIpc) is 2.25. The van der Waals surface area contributed by atoms with Crippen molar-refractivity contribution >= 4 is 5.97 Å². The molecule has 0 fully saturated rings. The van der Waals surface area contributed by atoms with Crippen LogP contribution in [0.1, 0.15) is 40.5 Å². The summed E-state index contributed by atoms with van der Waals surface area (Å²) in [6.45, 7) is 11.8. The highest BCUT2D eigenvalue weighted by Crippen LogP contribution is 2.25. The standard InChI is InChI=1S/C15H32N2O2/c1-7-8-15(4,14(18)19)12-17(11-13(2)3)10-9-16(5)6/h13H,7-12H2,1-6H3,(H,18,19). The van der Waals surface area contributed by atoms with Gasteiger partial charge in [0.05, 0.1) is 5.41 Å². The normalized spacial score (nSPS) is 15.2. The second-order valence-electron chi connectivity index (χ2n) is 6.55. The Bertz CT molecular complexity index is 267. The topological polar surface area (TPSA) is 43.8 Å². The fraction of sp³-hybridized carbons (Fsp3) is 0.933. The van der Waals surface area contributed by atoms with Crippen LogP contribution in [0.3, 0.4) is 0 Å². The largest absolute Gasteiger partial charge is 0.481 e. The minimum absolute atomic E-state index is 0.557. The molecule has 0 saturated carbocycles. The van der Waals surface area contributed by atoms with Gasteiger partial charge in [-0.1, -0.05) is 27.2 Å². The first-order valence-corrected chi connectivity index (χ1v) is 7.31. The summed E-state index contributed by atoms with van der Waals surface area (Å²) < 4.78 is 0. The van der Waals surface area contributed by atoms with Crippen LogP contribution in [0.15, 0.2) is 0 Å². The molecule has 19 heavy (non-hydrogen) atoms. The first-order chi connectivity index (χ1) is 8.71. The number of hydrogen-bond acceptors (Lipinski definition) is 3. The van der Waals surface area contributed by atoms with Crippen LogP contribution in [0.5, 0.6) is 0 Å². The fourth-order valence-electron chi connectivity index (χ4n) is 2.39. The number of carboxylic acid groups (broad SMARTS) is 1. The van der Waals surface area contributed by atoms with Crippen LogP contribution in [0.4, 0.5) is 0 Å². The SMILES string of the molecule is CCCC(C)(CN(CCN(C)C)CC(C)C)C(=O)O. The van der Waals surface area contributed by atoms with Gasteiger partial charge in [0.15, 0.2) is 0 Å². The molecule has 0 aromatic rings. The van der Waals surface area contributed by atoms with Gasteiger partial charge in [-0.25, -0.2) is 0 Å². The van der Waals surface area contributed by atoms with E-state index in [4.69, 9.17) is 0 Å². The molecule has 0 bridgehead atoms. The monoisotopic (exact) mass is 272 g/mol. The molecule has 0 aromatic heterocycles. The number of nitrogens with zero attached hydrogens (tertiary/aromatic N) is 2. The number of carbonyl (C=O) groups is 1. The van der Waals surface area contributed by atoms with E-state index >= 15 is 0 Å². The summed E-state index contributed by atoms with van der Waals surface area (Å²) in [6, 6.07) is 0. The van der Waals surface area contributed by atoms with Crippen LogP contribution in [-0.4, -0.2) is 61.2 Å². The molecule has 1 N–H and O–H groups in total. The summed E-state index contributed by atoms with van der Waals surface area (Å²) in [7, 11) is 4.10. The van der Waals surface area contributed by atoms with E-state index in [9.17, 15) is 9.90 Å². The van der Waals surface area contributed by atoms with E-state index in [0.29, 0.717) is 12.5 Å². The molecule has 0 heterocycles. The molecule has 4 heteroatoms. The van der Waals surface area contributed by atoms with Crippen molar-refractivity contribution < 1.29 is 9.90 Å². The molecule has 0 aliphatic heterocycles. The lowest BCUT2D eigenvalue weighted by Crippen LogP contribution is -2.44. The maximum atomic E-state index is 11.5. The van der Waals surface area contributed by atoms with Gasteiger partial charge in [-0.05, 0) is 33.4 Å². The van der Waals surface area contributed by atoms with E-state index in [1.54, 1.807) is 0 Å². The predicted octanol–water partition coefficient (Wildman–Crippen LogP) is 2.40. The molecule has 4 nitrogen and oxygen atoms in total. The van der Waals surface area contributed by atoms with E-state index in [-0.39, 0.29) is 0 Å². The van der Waals surface area contributed by atoms with Gasteiger partial charge >= 0.3 is 5.97 Å². The van der Waals surface area contributed by atoms with E-state index in [1.165, 1.54) is 0 Å². The Kier molecular flexibility index (Phi) is 8.26. The van der Waals surface area contributed by atoms with Gasteiger partial charge in [-0.2, -0.15) is 0 Å². The van der Waals surface area contributed by atoms with Crippen molar-refractivity contribution in [1.29, 1.82) is 0 Å². The lowest BCUT2D eigenvalue weighted by Gasteiger charge is -2.34. The lowest BCUT2D eigenvalue weighted by atomic mass is 9.85. The first-order valence-electron chi connectivity index (χ1n) is 7.31. The van der Waals surface area contributed by atoms with Crippen molar-refractivity contribution in [3.8, 4) is 0 Å². The summed E-state index contributed by atoms with van der Waals surface area (Å²) in [5.41, 5.74) is -0.629. The maximum Gasteiger partial charge on any atom is 0.310 e. The zero-order valence-electron chi connectivity index (χ0n) is 13.6. The fourth-order valence-corrected chi connectivity index (χ4v) is 2.39. The quantitative estimate of drug-likeness (QED) is 0.663. The zero-order valence-corrected chi connectivity index (χ0v) is 13.6. The first kappa shape index (κ1) is 18.4. The number of hydrogen-bond donors (Lipinski definition) is 1. The minimum atomic E-state index is -0.673. The summed E-state index contributed by atoms with van der Waals surface area (Å²) in [5, 5.41) is 9.49. The Hall–Kier alpha value is -0.610. The van der Waals surface area contributed by atoms with Gasteiger partial charge in [0.2, 0.25) is 0 Å². The Balaban J connectivity index is 4.69. The highest BCUT2D eigenvalue weighted by atomic mass is 16.4. The van der Waals surface area contributed by atoms with Crippen molar-refractivity contribution in [2.45, 2.75) is 40.5 Å². The molecule has 1 atom stereocenters. The third-order valence-electron chi connectivity index (χ3n) is 3.38. The van der Waals surface area contributed by atoms with E-state index in [2.05, 4.69) is 37.7 Å². The predicted molar refractivity (Wildman–Crippen MR) is 80.5 cm³/mol. The van der Waals surface area contributed by atoms with E-state index in [1.807, 2.05) is 13.8 Å². The molecular formula is C15H32N2O2. The van der Waals surface area contributed by atoms with Gasteiger partial charge < -0.3 is 14.9 Å². The van der Waals surface area contributed by atoms with Gasteiger partial charge in [-0.15, -0.1) is 0 Å². The summed E-state index contributed by atoms with van der Waals surface area (Å²) in [6.07, 6.45) is 1.64. The molecule has 0 radical (unpaired) electrons. The average molecular weight is 272 g/mol. The van der Waals surface area contributed by atoms with E-state index in [0.717, 1.165) is 32.5 Å². The van der Waals surface area contributed by atoms with Gasteiger partial charge in [0.1, 0.15) is 0 Å². The third-order valence-corrected chi connectivity index (χ3v) is 3.38. The smallest absolute Gasteiger partial charge is 0.310 e. The number of aliphatic carboxylic acids is 1. The van der Waals surface area contributed by atoms with Crippen molar-refractivity contribution in [2.75, 3.05) is 40.3 Å². The molecular weight excluding hydrogens is 240 g/mol. The number of carboxylic acids is 1. The summed E-state index contributed by atoms with van der Waals surface area (Å²) in [4.78, 5) is 16.0. The van der Waals surface area contributed by atoms with Crippen molar-refractivity contribution in [2.24, 2.45) is 11.3 Å². The second-order valence-corrected chi connectivity index (χ2v) is 6.55. The Labute approximate surface area is 118 Å². The summed E-state index contributed by atoms with van der Waals surface area (Å²) >= 11 is 0. The Morgan fingerprint density at radius 2 is 1.84 bits per heavy atom. The maximum absolute atomic E-state index is 11.5. The van der Waals surface area contributed by atoms with Crippen LogP contribution < -0.4 is 0 Å². The molecule has 0 aromatic carbocycles. The molecule has 0 rings (SSSR count). The van der Waals surface area contributed by atoms with Crippen molar-refractivity contribution in [3.05, 3.63) is 0 Å². The third kappa shape index (κ3) is 7.53. The highest BCUT2D eigenvalue weighted by Gasteiger charge is 2.34. The van der Waals surface area contributed by atoms with Crippen LogP contribution in [0.25, 0.3) is 0 Å². The second kappa shape index (κ2) is 8.54. The van der Waals surface area contributed by atoms with Crippen LogP contribution >= 0.6 is 0 Å². The van der Waals surface area contributed by atoms with Gasteiger partial charge in [-0.3, -0.25) is 4.79 Å². The Morgan fingerprint density at radius 3 is 2.21 bits per heavy atom. The Morgan fingerprint density at radius 1 is 1.26 bits per heavy atom. The summed E-state index contributed by atoms with van der Waals surface area (Å²) in [5.74, 6) is -0.116. The molecule has 0 spiro atoms. The van der Waals surface area contributed by atoms with Crippen LogP contribution in [-0.2, 0) is 4.79 Å². The van der Waals surface area contributed by atoms with Crippen LogP contribution in [0.2, 0.25) is 0 Å². The molecule has 0 aliphatic carbocycles. The lowest BCUT2D eigenvalue weighted by molar-refractivity contribution is -0.149. The molecule has 0 amide bonds. The molecule has 1 unspecified atom stereocenters. The van der Waals surface area contributed by atoms with Crippen LogP contribution in [0, 0.1) is 11.3 Å². The molecule has 114 valence electrons. The molecule has 0 saturated heterocycles. The van der Waals surface area contributed by atoms with Gasteiger partial charge in [0.25, 0.3) is 0 Å². The highest BCUT2D eigenvalue weighted by molar-refractivity contribution is 5.74. The molecule has 0 aliphatic rings. The number of likely N-dealkylation sites (N-methyl/N-ethyl adjacent to an activating group) is 1. The minimum Gasteiger partial charge on any atom is -0.481 e. The van der Waals surface area contributed by atoms with E-state index < -0.39 is 11.4 Å². The van der Waals surface area contributed by atoms with Gasteiger partial charge in [0, 0.05) is 26.2 Å². The zero-order chi connectivity index (χ0) is 15.1.